The number of nitrogens with zero attached hydrogens (tertiary/aromatic N) is 5. The molecule has 0 saturated carbocycles. The molecule has 4 heterocycles. The second kappa shape index (κ2) is 8.60. The highest BCUT2D eigenvalue weighted by atomic mass is 16.2. The lowest BCUT2D eigenvalue weighted by Crippen LogP contribution is -2.52. The van der Waals surface area contributed by atoms with E-state index in [1.807, 2.05) is 59.0 Å². The Kier molecular flexibility index (Phi) is 5.25. The number of piperidine rings is 1. The van der Waals surface area contributed by atoms with Crippen LogP contribution in [0.25, 0.3) is 22.5 Å². The lowest BCUT2D eigenvalue weighted by Gasteiger charge is -2.29. The average molecular weight is 481 g/mol. The van der Waals surface area contributed by atoms with E-state index in [0.717, 1.165) is 28.1 Å². The highest BCUT2D eigenvalue weighted by Crippen LogP contribution is 2.35. The maximum Gasteiger partial charge on any atom is 0.255 e. The van der Waals surface area contributed by atoms with Crippen LogP contribution in [0.2, 0.25) is 0 Å². The minimum Gasteiger partial charge on any atom is -0.333 e. The Balaban J connectivity index is 1.28. The zero-order valence-corrected chi connectivity index (χ0v) is 19.7. The Morgan fingerprint density at radius 2 is 1.89 bits per heavy atom. The summed E-state index contributed by atoms with van der Waals surface area (Å²) in [5, 5.41) is 6.89. The molecular weight excluding hydrogens is 456 g/mol. The Labute approximate surface area is 207 Å². The van der Waals surface area contributed by atoms with E-state index in [0.29, 0.717) is 25.1 Å². The highest BCUT2D eigenvalue weighted by molar-refractivity contribution is 6.05. The van der Waals surface area contributed by atoms with Crippen molar-refractivity contribution in [3.05, 3.63) is 83.9 Å². The number of benzene rings is 2. The van der Waals surface area contributed by atoms with Crippen LogP contribution in [0.5, 0.6) is 0 Å². The molecule has 0 spiro atoms. The van der Waals surface area contributed by atoms with Crippen molar-refractivity contribution in [3.8, 4) is 22.5 Å². The van der Waals surface area contributed by atoms with Gasteiger partial charge in [-0.05, 0) is 29.7 Å². The molecule has 4 aromatic rings. The van der Waals surface area contributed by atoms with E-state index < -0.39 is 11.9 Å². The molecular formula is C27H24N6O3. The first-order valence-corrected chi connectivity index (χ1v) is 11.8. The normalized spacial score (nSPS) is 17.4. The number of fused-ring (bicyclic) bond motifs is 1. The van der Waals surface area contributed by atoms with Gasteiger partial charge in [0.2, 0.25) is 11.8 Å². The summed E-state index contributed by atoms with van der Waals surface area (Å²) in [5.41, 5.74) is 6.16. The molecule has 1 fully saturated rings. The van der Waals surface area contributed by atoms with Gasteiger partial charge in [0.15, 0.2) is 0 Å². The van der Waals surface area contributed by atoms with Crippen LogP contribution in [0.4, 0.5) is 0 Å². The monoisotopic (exact) mass is 480 g/mol. The first-order chi connectivity index (χ1) is 17.5. The third-order valence-corrected chi connectivity index (χ3v) is 6.83. The van der Waals surface area contributed by atoms with Crippen LogP contribution < -0.4 is 5.32 Å². The van der Waals surface area contributed by atoms with Gasteiger partial charge in [0.05, 0.1) is 30.5 Å². The van der Waals surface area contributed by atoms with Crippen LogP contribution in [-0.4, -0.2) is 48.0 Å². The lowest BCUT2D eigenvalue weighted by atomic mass is 10.0. The molecule has 6 rings (SSSR count). The predicted octanol–water partition coefficient (Wildman–Crippen LogP) is 2.76. The lowest BCUT2D eigenvalue weighted by molar-refractivity contribution is -0.136. The summed E-state index contributed by atoms with van der Waals surface area (Å²) in [7, 11) is 1.95. The standard InChI is InChI=1S/C27H24N6O3/c1-31-16-28-24(25(31)20-12-29-32(14-20)13-17-5-3-2-4-6-17)18-7-8-21-19(11-18)15-33(27(21)36)22-9-10-23(34)30-26(22)35/h2-8,11-12,14,16,22H,9-10,13,15H2,1H3,(H,30,34,35). The molecule has 0 aliphatic carbocycles. The summed E-state index contributed by atoms with van der Waals surface area (Å²) in [4.78, 5) is 43.1. The van der Waals surface area contributed by atoms with Gasteiger partial charge in [-0.2, -0.15) is 5.10 Å². The van der Waals surface area contributed by atoms with Crippen LogP contribution in [0, 0.1) is 0 Å². The first-order valence-electron chi connectivity index (χ1n) is 11.8. The second-order valence-electron chi connectivity index (χ2n) is 9.24. The summed E-state index contributed by atoms with van der Waals surface area (Å²) < 4.78 is 3.87. The summed E-state index contributed by atoms with van der Waals surface area (Å²) >= 11 is 0. The largest absolute Gasteiger partial charge is 0.333 e. The smallest absolute Gasteiger partial charge is 0.255 e. The SMILES string of the molecule is Cn1cnc(-c2ccc3c(c2)CN(C2CCC(=O)NC2=O)C3=O)c1-c1cnn(Cc2ccccc2)c1. The summed E-state index contributed by atoms with van der Waals surface area (Å²) in [6, 6.07) is 15.2. The minimum atomic E-state index is -0.632. The zero-order valence-electron chi connectivity index (χ0n) is 19.7. The molecule has 36 heavy (non-hydrogen) atoms. The molecule has 2 aliphatic heterocycles. The molecule has 2 aromatic carbocycles. The molecule has 2 aromatic heterocycles. The van der Waals surface area contributed by atoms with Crippen molar-refractivity contribution in [2.75, 3.05) is 0 Å². The maximum atomic E-state index is 13.0. The molecule has 1 N–H and O–H groups in total. The molecule has 1 unspecified atom stereocenters. The summed E-state index contributed by atoms with van der Waals surface area (Å²) in [5.74, 6) is -0.890. The fourth-order valence-electron chi connectivity index (χ4n) is 5.05. The van der Waals surface area contributed by atoms with E-state index in [1.165, 1.54) is 5.56 Å². The quantitative estimate of drug-likeness (QED) is 0.443. The number of hydrogen-bond donors (Lipinski definition) is 1. The van der Waals surface area contributed by atoms with E-state index in [4.69, 9.17) is 0 Å². The number of imidazole rings is 1. The summed E-state index contributed by atoms with van der Waals surface area (Å²) in [6.07, 6.45) is 6.19. The van der Waals surface area contributed by atoms with Crippen LogP contribution in [0.15, 0.2) is 67.3 Å². The van der Waals surface area contributed by atoms with Crippen molar-refractivity contribution in [1.82, 2.24) is 29.5 Å². The fourth-order valence-corrected chi connectivity index (χ4v) is 5.05. The third kappa shape index (κ3) is 3.78. The number of aromatic nitrogens is 4. The third-order valence-electron chi connectivity index (χ3n) is 6.83. The second-order valence-corrected chi connectivity index (χ2v) is 9.24. The average Bonchev–Trinajstić information content (AvgIpc) is 3.57. The van der Waals surface area contributed by atoms with Crippen molar-refractivity contribution in [1.29, 1.82) is 0 Å². The van der Waals surface area contributed by atoms with Crippen molar-refractivity contribution >= 4 is 17.7 Å². The number of nitrogens with one attached hydrogen (secondary N) is 1. The van der Waals surface area contributed by atoms with Crippen molar-refractivity contribution < 1.29 is 14.4 Å². The minimum absolute atomic E-state index is 0.186. The molecule has 0 bridgehead atoms. The number of aryl methyl sites for hydroxylation is 1. The topological polar surface area (TPSA) is 102 Å². The molecule has 3 amide bonds. The van der Waals surface area contributed by atoms with Crippen LogP contribution >= 0.6 is 0 Å². The Bertz CT molecular complexity index is 1500. The number of rotatable bonds is 5. The van der Waals surface area contributed by atoms with E-state index >= 15 is 0 Å². The van der Waals surface area contributed by atoms with Gasteiger partial charge in [-0.3, -0.25) is 24.4 Å². The van der Waals surface area contributed by atoms with Gasteiger partial charge < -0.3 is 9.47 Å². The Morgan fingerprint density at radius 3 is 2.69 bits per heavy atom. The Hall–Kier alpha value is -4.53. The molecule has 1 saturated heterocycles. The summed E-state index contributed by atoms with van der Waals surface area (Å²) in [6.45, 7) is 0.997. The number of amides is 3. The van der Waals surface area contributed by atoms with Gasteiger partial charge in [-0.25, -0.2) is 4.98 Å². The van der Waals surface area contributed by atoms with Gasteiger partial charge in [0.1, 0.15) is 6.04 Å². The molecule has 1 atom stereocenters. The van der Waals surface area contributed by atoms with Gasteiger partial charge >= 0.3 is 0 Å². The first kappa shape index (κ1) is 22.0. The number of imide groups is 1. The maximum absolute atomic E-state index is 13.0. The highest BCUT2D eigenvalue weighted by Gasteiger charge is 2.39. The van der Waals surface area contributed by atoms with Crippen LogP contribution in [-0.2, 0) is 29.7 Å². The number of carbonyl (C=O) groups excluding carboxylic acids is 3. The van der Waals surface area contributed by atoms with Crippen molar-refractivity contribution in [2.24, 2.45) is 7.05 Å². The predicted molar refractivity (Wildman–Crippen MR) is 131 cm³/mol. The molecule has 9 heteroatoms. The molecule has 9 nitrogen and oxygen atoms in total. The number of carbonyl (C=O) groups is 3. The Morgan fingerprint density at radius 1 is 1.06 bits per heavy atom. The zero-order chi connectivity index (χ0) is 24.8. The van der Waals surface area contributed by atoms with Gasteiger partial charge in [0.25, 0.3) is 5.91 Å². The molecule has 0 radical (unpaired) electrons. The van der Waals surface area contributed by atoms with Crippen molar-refractivity contribution in [3.63, 3.8) is 0 Å². The van der Waals surface area contributed by atoms with Crippen molar-refractivity contribution in [2.45, 2.75) is 32.0 Å². The van der Waals surface area contributed by atoms with E-state index in [9.17, 15) is 14.4 Å². The van der Waals surface area contributed by atoms with Crippen LogP contribution in [0.1, 0.15) is 34.3 Å². The fraction of sp³-hybridized carbons (Fsp3) is 0.222. The van der Waals surface area contributed by atoms with E-state index in [1.54, 1.807) is 17.3 Å². The molecule has 2 aliphatic rings. The van der Waals surface area contributed by atoms with Gasteiger partial charge in [-0.15, -0.1) is 0 Å². The van der Waals surface area contributed by atoms with Gasteiger partial charge in [-0.1, -0.05) is 36.4 Å². The molecule has 180 valence electrons. The number of hydrogen-bond acceptors (Lipinski definition) is 5. The van der Waals surface area contributed by atoms with Gasteiger partial charge in [0, 0.05) is 42.9 Å². The van der Waals surface area contributed by atoms with Crippen LogP contribution in [0.3, 0.4) is 0 Å². The van der Waals surface area contributed by atoms with E-state index in [2.05, 4.69) is 27.5 Å². The van der Waals surface area contributed by atoms with E-state index in [-0.39, 0.29) is 18.2 Å².